The maximum atomic E-state index is 13.8. The van der Waals surface area contributed by atoms with Crippen LogP contribution in [0.15, 0.2) is 85.2 Å². The molecule has 53 heavy (non-hydrogen) atoms. The van der Waals surface area contributed by atoms with Crippen LogP contribution in [0.4, 0.5) is 14.5 Å². The number of nitrogens with zero attached hydrogens (tertiary/aromatic N) is 2. The van der Waals surface area contributed by atoms with Gasteiger partial charge in [-0.2, -0.15) is 8.78 Å². The van der Waals surface area contributed by atoms with E-state index in [0.29, 0.717) is 50.9 Å². The number of carbonyl (C=O) groups is 1. The molecule has 3 aromatic carbocycles. The molecule has 4 aromatic rings. The van der Waals surface area contributed by atoms with Crippen molar-refractivity contribution in [3.63, 3.8) is 0 Å². The molecule has 0 spiro atoms. The van der Waals surface area contributed by atoms with Gasteiger partial charge < -0.3 is 29.4 Å². The first-order chi connectivity index (χ1) is 25.7. The first-order valence-corrected chi connectivity index (χ1v) is 18.6. The van der Waals surface area contributed by atoms with Crippen LogP contribution in [0.25, 0.3) is 0 Å². The summed E-state index contributed by atoms with van der Waals surface area (Å²) in [6.07, 6.45) is 4.56. The predicted octanol–water partition coefficient (Wildman–Crippen LogP) is 8.56. The van der Waals surface area contributed by atoms with Crippen LogP contribution in [0.2, 0.25) is 10.0 Å². The standard InChI is InChI=1S/C40H41Cl2F2N3O6/c41-31-20-45-21-32(42)30(31)19-34(27-11-12-33(53-40(43)44)35(18-27)50-23-24-9-10-24)51-38(48)28-7-4-8-29(17-28)46-37(26-5-2-1-3-6-26)39(49)52-36-22-47-15-13-25(36)14-16-47/h1-8,11-12,17-18,20-21,24-25,34,36-38,40,46,48H,9-10,13-16,19,22-23H2/t34-,36-,37+,38?/m0/s1. The van der Waals surface area contributed by atoms with Crippen molar-refractivity contribution in [3.8, 4) is 11.5 Å². The second-order valence-electron chi connectivity index (χ2n) is 13.8. The summed E-state index contributed by atoms with van der Waals surface area (Å²) in [5.41, 5.74) is 2.73. The summed E-state index contributed by atoms with van der Waals surface area (Å²) in [5.74, 6) is 0.360. The predicted molar refractivity (Wildman–Crippen MR) is 196 cm³/mol. The Hall–Kier alpha value is -4.00. The highest BCUT2D eigenvalue weighted by Gasteiger charge is 2.38. The van der Waals surface area contributed by atoms with Crippen molar-refractivity contribution in [2.24, 2.45) is 11.8 Å². The van der Waals surface area contributed by atoms with Crippen LogP contribution in [0.1, 0.15) is 66.4 Å². The number of aromatic nitrogens is 1. The van der Waals surface area contributed by atoms with Crippen LogP contribution < -0.4 is 14.8 Å². The van der Waals surface area contributed by atoms with Crippen LogP contribution in [-0.4, -0.2) is 59.9 Å². The number of fused-ring (bicyclic) bond motifs is 3. The van der Waals surface area contributed by atoms with Gasteiger partial charge in [0.15, 0.2) is 23.8 Å². The first-order valence-electron chi connectivity index (χ1n) is 17.9. The summed E-state index contributed by atoms with van der Waals surface area (Å²) in [6, 6.07) is 20.1. The Balaban J connectivity index is 1.13. The topological polar surface area (TPSA) is 102 Å². The number of pyridine rings is 1. The highest BCUT2D eigenvalue weighted by molar-refractivity contribution is 6.35. The summed E-state index contributed by atoms with van der Waals surface area (Å²) in [6.45, 7) is 0.124. The largest absolute Gasteiger partial charge is 0.489 e. The highest BCUT2D eigenvalue weighted by Crippen LogP contribution is 2.40. The van der Waals surface area contributed by atoms with Crippen molar-refractivity contribution >= 4 is 34.9 Å². The minimum atomic E-state index is -3.04. The van der Waals surface area contributed by atoms with Gasteiger partial charge in [-0.1, -0.05) is 71.7 Å². The number of rotatable bonds is 16. The fourth-order valence-corrected chi connectivity index (χ4v) is 7.47. The smallest absolute Gasteiger partial charge is 0.387 e. The first kappa shape index (κ1) is 37.3. The Morgan fingerprint density at radius 2 is 1.64 bits per heavy atom. The van der Waals surface area contributed by atoms with Crippen LogP contribution >= 0.6 is 23.2 Å². The number of ether oxygens (including phenoxy) is 4. The van der Waals surface area contributed by atoms with E-state index >= 15 is 0 Å². The van der Waals surface area contributed by atoms with Gasteiger partial charge in [-0.3, -0.25) is 9.88 Å². The molecule has 1 aliphatic carbocycles. The van der Waals surface area contributed by atoms with Gasteiger partial charge in [0.05, 0.1) is 22.8 Å². The number of nitrogens with one attached hydrogen (secondary N) is 1. The summed E-state index contributed by atoms with van der Waals surface area (Å²) in [4.78, 5) is 20.2. The Kier molecular flexibility index (Phi) is 12.0. The molecule has 1 saturated carbocycles. The summed E-state index contributed by atoms with van der Waals surface area (Å²) >= 11 is 13.0. The zero-order valence-corrected chi connectivity index (χ0v) is 30.4. The number of hydrogen-bond acceptors (Lipinski definition) is 9. The Labute approximate surface area is 317 Å². The third-order valence-corrected chi connectivity index (χ3v) is 10.7. The number of halogens is 4. The average Bonchev–Trinajstić information content (AvgIpc) is 4.00. The van der Waals surface area contributed by atoms with Gasteiger partial charge in [-0.05, 0) is 91.6 Å². The van der Waals surface area contributed by atoms with Crippen molar-refractivity contribution in [2.45, 2.75) is 63.3 Å². The summed E-state index contributed by atoms with van der Waals surface area (Å²) in [5, 5.41) is 15.5. The third kappa shape index (κ3) is 9.57. The van der Waals surface area contributed by atoms with Crippen molar-refractivity contribution in [2.75, 3.05) is 31.6 Å². The van der Waals surface area contributed by atoms with E-state index in [4.69, 9.17) is 42.1 Å². The van der Waals surface area contributed by atoms with Gasteiger partial charge in [0.25, 0.3) is 0 Å². The molecule has 4 aliphatic rings. The second kappa shape index (κ2) is 17.0. The summed E-state index contributed by atoms with van der Waals surface area (Å²) in [7, 11) is 0. The SMILES string of the molecule is O=C(O[C@H]1CN2CCC1CC2)[C@H](Nc1cccc(C(O)O[C@@H](Cc2c(Cl)cncc2Cl)c2ccc(OC(F)F)c(OCC3CC3)c2)c1)c1ccccc1. The number of benzene rings is 3. The number of anilines is 1. The van der Waals surface area contributed by atoms with E-state index in [9.17, 15) is 18.7 Å². The minimum absolute atomic E-state index is 0.105. The third-order valence-electron chi connectivity index (χ3n) is 10.1. The lowest BCUT2D eigenvalue weighted by Crippen LogP contribution is -2.52. The minimum Gasteiger partial charge on any atom is -0.489 e. The molecule has 13 heteroatoms. The van der Waals surface area contributed by atoms with Gasteiger partial charge in [-0.15, -0.1) is 0 Å². The van der Waals surface area contributed by atoms with Gasteiger partial charge in [0.2, 0.25) is 0 Å². The van der Waals surface area contributed by atoms with E-state index in [1.54, 1.807) is 36.4 Å². The van der Waals surface area contributed by atoms with Crippen LogP contribution in [0.5, 0.6) is 11.5 Å². The molecule has 280 valence electrons. The molecule has 3 aliphatic heterocycles. The number of aliphatic hydroxyl groups excluding tert-OH is 1. The number of alkyl halides is 2. The highest BCUT2D eigenvalue weighted by atomic mass is 35.5. The number of carbonyl (C=O) groups excluding carboxylic acids is 1. The molecule has 2 bridgehead atoms. The normalized spacial score (nSPS) is 21.1. The van der Waals surface area contributed by atoms with E-state index in [2.05, 4.69) is 15.2 Å². The molecule has 9 nitrogen and oxygen atoms in total. The summed E-state index contributed by atoms with van der Waals surface area (Å²) < 4.78 is 49.7. The quantitative estimate of drug-likeness (QED) is 0.0858. The molecule has 8 rings (SSSR count). The van der Waals surface area contributed by atoms with Crippen LogP contribution in [-0.2, 0) is 20.7 Å². The lowest BCUT2D eigenvalue weighted by atomic mass is 9.86. The molecule has 4 atom stereocenters. The van der Waals surface area contributed by atoms with Gasteiger partial charge in [0, 0.05) is 36.6 Å². The molecular formula is C40H41Cl2F2N3O6. The molecule has 1 unspecified atom stereocenters. The van der Waals surface area contributed by atoms with E-state index in [-0.39, 0.29) is 30.0 Å². The van der Waals surface area contributed by atoms with Crippen LogP contribution in [0, 0.1) is 11.8 Å². The number of piperidine rings is 3. The van der Waals surface area contributed by atoms with Crippen molar-refractivity contribution in [1.82, 2.24) is 9.88 Å². The van der Waals surface area contributed by atoms with Gasteiger partial charge >= 0.3 is 12.6 Å². The van der Waals surface area contributed by atoms with E-state index < -0.39 is 25.0 Å². The van der Waals surface area contributed by atoms with Gasteiger partial charge in [-0.25, -0.2) is 4.79 Å². The van der Waals surface area contributed by atoms with Gasteiger partial charge in [0.1, 0.15) is 6.10 Å². The number of aliphatic hydroxyl groups is 1. The lowest BCUT2D eigenvalue weighted by molar-refractivity contribution is -0.159. The Bertz CT molecular complexity index is 1840. The fraction of sp³-hybridized carbons (Fsp3) is 0.400. The molecule has 4 heterocycles. The van der Waals surface area contributed by atoms with E-state index in [1.807, 2.05) is 30.3 Å². The average molecular weight is 769 g/mol. The zero-order chi connectivity index (χ0) is 36.9. The molecule has 0 radical (unpaired) electrons. The monoisotopic (exact) mass is 767 g/mol. The maximum absolute atomic E-state index is 13.8. The van der Waals surface area contributed by atoms with Crippen molar-refractivity contribution in [3.05, 3.63) is 117 Å². The molecule has 2 N–H and O–H groups in total. The molecule has 0 amide bonds. The Morgan fingerprint density at radius 1 is 0.906 bits per heavy atom. The Morgan fingerprint density at radius 3 is 2.32 bits per heavy atom. The fourth-order valence-electron chi connectivity index (χ4n) is 6.95. The van der Waals surface area contributed by atoms with E-state index in [1.165, 1.54) is 18.5 Å². The van der Waals surface area contributed by atoms with Crippen LogP contribution in [0.3, 0.4) is 0 Å². The zero-order valence-electron chi connectivity index (χ0n) is 28.9. The molecule has 4 fully saturated rings. The molecule has 3 saturated heterocycles. The molecular weight excluding hydrogens is 727 g/mol. The van der Waals surface area contributed by atoms with Crippen molar-refractivity contribution < 1.29 is 37.6 Å². The molecule has 1 aromatic heterocycles. The number of hydrogen-bond donors (Lipinski definition) is 2. The number of esters is 1. The maximum Gasteiger partial charge on any atom is 0.387 e. The van der Waals surface area contributed by atoms with Crippen molar-refractivity contribution in [1.29, 1.82) is 0 Å². The van der Waals surface area contributed by atoms with E-state index in [0.717, 1.165) is 50.9 Å². The second-order valence-corrected chi connectivity index (χ2v) is 14.6. The lowest BCUT2D eigenvalue weighted by Gasteiger charge is -2.44.